The van der Waals surface area contributed by atoms with Gasteiger partial charge in [0.05, 0.1) is 24.1 Å². The Morgan fingerprint density at radius 3 is 2.61 bits per heavy atom. The zero-order valence-electron chi connectivity index (χ0n) is 33.7. The van der Waals surface area contributed by atoms with Gasteiger partial charge in [-0.3, -0.25) is 19.6 Å². The number of nitrogens with zero attached hydrogens (tertiary/aromatic N) is 6. The molecule has 5 aliphatic heterocycles. The Labute approximate surface area is 336 Å². The molecule has 9 rings (SSSR count). The van der Waals surface area contributed by atoms with Gasteiger partial charge in [-0.05, 0) is 73.8 Å². The van der Waals surface area contributed by atoms with Gasteiger partial charge in [0.15, 0.2) is 0 Å². The number of benzene rings is 1. The summed E-state index contributed by atoms with van der Waals surface area (Å²) in [5.74, 6) is 2.07. The van der Waals surface area contributed by atoms with E-state index in [2.05, 4.69) is 105 Å². The Balaban J connectivity index is 0.744. The highest BCUT2D eigenvalue weighted by Gasteiger charge is 2.37. The monoisotopic (exact) mass is 771 g/mol. The van der Waals surface area contributed by atoms with Crippen molar-refractivity contribution in [2.45, 2.75) is 77.4 Å². The number of anilines is 3. The van der Waals surface area contributed by atoms with Gasteiger partial charge < -0.3 is 30.5 Å². The summed E-state index contributed by atoms with van der Waals surface area (Å²) in [6, 6.07) is 8.99. The molecule has 57 heavy (non-hydrogen) atoms. The summed E-state index contributed by atoms with van der Waals surface area (Å²) in [4.78, 5) is 44.7. The maximum absolute atomic E-state index is 13.5. The van der Waals surface area contributed by atoms with Crippen LogP contribution in [0.3, 0.4) is 0 Å². The number of rotatable bonds is 8. The van der Waals surface area contributed by atoms with E-state index in [4.69, 9.17) is 9.73 Å². The normalized spacial score (nSPS) is 27.6. The van der Waals surface area contributed by atoms with Crippen LogP contribution in [0.1, 0.15) is 69.4 Å². The number of aliphatic imine (C=N–C) groups is 1. The second-order valence-electron chi connectivity index (χ2n) is 17.1. The van der Waals surface area contributed by atoms with Crippen LogP contribution in [0.25, 0.3) is 0 Å². The molecule has 0 spiro atoms. The number of fused-ring (bicyclic) bond motifs is 2. The lowest BCUT2D eigenvalue weighted by Crippen LogP contribution is -2.54. The average Bonchev–Trinajstić information content (AvgIpc) is 3.19. The van der Waals surface area contributed by atoms with Crippen molar-refractivity contribution in [3.05, 3.63) is 88.9 Å². The summed E-state index contributed by atoms with van der Waals surface area (Å²) >= 11 is 0. The zero-order chi connectivity index (χ0) is 39.2. The third-order valence-electron chi connectivity index (χ3n) is 13.4. The SMILES string of the molecule is C=C1CCN(c2ccc(C3CC(N4CCN(C(=O)CC5=CC=C(NC6N=C7CN(c8cnc9c(c8C)NCCO9)CCC7=CC6C)CC5C)CC4)C3)cc2)C(=O)N1. The summed E-state index contributed by atoms with van der Waals surface area (Å²) in [5, 5.41) is 10.1. The van der Waals surface area contributed by atoms with E-state index in [1.165, 1.54) is 28.0 Å². The van der Waals surface area contributed by atoms with Gasteiger partial charge >= 0.3 is 6.03 Å². The molecule has 3 atom stereocenters. The number of carbonyl (C=O) groups is 2. The van der Waals surface area contributed by atoms with E-state index in [-0.39, 0.29) is 18.1 Å². The number of hydrogen-bond donors (Lipinski definition) is 3. The van der Waals surface area contributed by atoms with Crippen LogP contribution in [0.15, 0.2) is 82.8 Å². The highest BCUT2D eigenvalue weighted by molar-refractivity contribution is 6.05. The lowest BCUT2D eigenvalue weighted by atomic mass is 9.75. The number of carbonyl (C=O) groups excluding carboxylic acids is 2. The standard InChI is InChI=1S/C45H57N9O3/c1-28-22-36(49-43-29(2)21-34-12-14-53(27-39(34)50-43)40-26-47-44-42(31(40)4)46-13-20-57-44)8-5-33(28)25-41(55)52-18-16-51(17-19-52)38-23-35(24-38)32-6-9-37(10-7-32)54-15-11-30(3)48-45(54)56/h5-10,21,26,28-29,35,38,43,46,49H,3,11-20,22-25,27H2,1-2,4H3,(H,48,56). The van der Waals surface area contributed by atoms with Crippen molar-refractivity contribution in [2.75, 3.05) is 74.1 Å². The van der Waals surface area contributed by atoms with Crippen molar-refractivity contribution in [1.29, 1.82) is 0 Å². The molecule has 2 aromatic rings. The van der Waals surface area contributed by atoms with Crippen molar-refractivity contribution < 1.29 is 14.3 Å². The first-order valence-electron chi connectivity index (χ1n) is 21.1. The van der Waals surface area contributed by atoms with Crippen molar-refractivity contribution in [1.82, 2.24) is 25.4 Å². The number of piperazine rings is 1. The third-order valence-corrected chi connectivity index (χ3v) is 13.4. The van der Waals surface area contributed by atoms with Gasteiger partial charge in [0, 0.05) is 93.3 Å². The molecule has 300 valence electrons. The van der Waals surface area contributed by atoms with Gasteiger partial charge in [-0.15, -0.1) is 0 Å². The third kappa shape index (κ3) is 7.68. The molecule has 12 nitrogen and oxygen atoms in total. The van der Waals surface area contributed by atoms with Crippen LogP contribution in [0.4, 0.5) is 21.9 Å². The zero-order valence-corrected chi connectivity index (χ0v) is 33.7. The van der Waals surface area contributed by atoms with Crippen LogP contribution in [0.2, 0.25) is 0 Å². The number of amides is 3. The number of urea groups is 1. The summed E-state index contributed by atoms with van der Waals surface area (Å²) < 4.78 is 5.77. The smallest absolute Gasteiger partial charge is 0.326 e. The summed E-state index contributed by atoms with van der Waals surface area (Å²) in [6.45, 7) is 17.8. The Bertz CT molecular complexity index is 2040. The van der Waals surface area contributed by atoms with Crippen molar-refractivity contribution >= 4 is 34.7 Å². The minimum atomic E-state index is -0.0993. The lowest BCUT2D eigenvalue weighted by molar-refractivity contribution is -0.133. The van der Waals surface area contributed by atoms with E-state index in [0.29, 0.717) is 49.2 Å². The predicted molar refractivity (Wildman–Crippen MR) is 226 cm³/mol. The molecule has 3 amide bonds. The number of aromatic nitrogens is 1. The molecule has 0 radical (unpaired) electrons. The van der Waals surface area contributed by atoms with Gasteiger partial charge in [0.2, 0.25) is 11.8 Å². The molecule has 4 fully saturated rings. The second kappa shape index (κ2) is 15.7. The number of dihydropyridines is 1. The molecule has 1 aromatic carbocycles. The van der Waals surface area contributed by atoms with Crippen LogP contribution >= 0.6 is 0 Å². The largest absolute Gasteiger partial charge is 0.474 e. The highest BCUT2D eigenvalue weighted by Crippen LogP contribution is 2.41. The number of pyridine rings is 1. The van der Waals surface area contributed by atoms with E-state index >= 15 is 0 Å². The predicted octanol–water partition coefficient (Wildman–Crippen LogP) is 6.10. The lowest BCUT2D eigenvalue weighted by Gasteiger charge is -2.46. The van der Waals surface area contributed by atoms with Crippen molar-refractivity contribution in [3.63, 3.8) is 0 Å². The minimum Gasteiger partial charge on any atom is -0.474 e. The maximum Gasteiger partial charge on any atom is 0.326 e. The number of allylic oxidation sites excluding steroid dienone is 3. The Hall–Kier alpha value is -5.10. The Morgan fingerprint density at radius 2 is 1.84 bits per heavy atom. The van der Waals surface area contributed by atoms with Gasteiger partial charge in [0.1, 0.15) is 18.5 Å². The first-order chi connectivity index (χ1) is 27.7. The summed E-state index contributed by atoms with van der Waals surface area (Å²) in [5.41, 5.74) is 11.3. The van der Waals surface area contributed by atoms with Gasteiger partial charge in [-0.2, -0.15) is 0 Å². The maximum atomic E-state index is 13.5. The average molecular weight is 772 g/mol. The van der Waals surface area contributed by atoms with E-state index in [1.807, 2.05) is 6.20 Å². The highest BCUT2D eigenvalue weighted by atomic mass is 16.5. The summed E-state index contributed by atoms with van der Waals surface area (Å²) in [7, 11) is 0. The van der Waals surface area contributed by atoms with E-state index < -0.39 is 0 Å². The molecular formula is C45H57N9O3. The molecule has 0 bridgehead atoms. The summed E-state index contributed by atoms with van der Waals surface area (Å²) in [6.07, 6.45) is 14.1. The molecule has 2 aliphatic carbocycles. The minimum absolute atomic E-state index is 0.0185. The van der Waals surface area contributed by atoms with Gasteiger partial charge in [-0.1, -0.05) is 50.3 Å². The van der Waals surface area contributed by atoms with Gasteiger partial charge in [0.25, 0.3) is 0 Å². The Morgan fingerprint density at radius 1 is 1.04 bits per heavy atom. The molecule has 12 heteroatoms. The van der Waals surface area contributed by atoms with Crippen molar-refractivity contribution in [3.8, 4) is 5.88 Å². The fourth-order valence-electron chi connectivity index (χ4n) is 9.67. The first kappa shape index (κ1) is 37.5. The topological polar surface area (TPSA) is 118 Å². The van der Waals surface area contributed by atoms with Crippen molar-refractivity contribution in [2.24, 2.45) is 16.8 Å². The number of hydrogen-bond acceptors (Lipinski definition) is 9. The molecule has 7 aliphatic rings. The van der Waals surface area contributed by atoms with E-state index in [0.717, 1.165) is 106 Å². The van der Waals surface area contributed by atoms with Gasteiger partial charge in [-0.25, -0.2) is 9.78 Å². The van der Waals surface area contributed by atoms with Crippen LogP contribution < -0.4 is 30.5 Å². The van der Waals surface area contributed by atoms with Crippen LogP contribution in [-0.2, 0) is 4.79 Å². The van der Waals surface area contributed by atoms with Crippen LogP contribution in [0.5, 0.6) is 5.88 Å². The molecule has 3 unspecified atom stereocenters. The number of piperidine rings is 1. The van der Waals surface area contributed by atoms with E-state index in [1.54, 1.807) is 4.90 Å². The number of ether oxygens (including phenoxy) is 1. The number of nitrogens with one attached hydrogen (secondary N) is 3. The fraction of sp³-hybridized carbons (Fsp3) is 0.511. The molecule has 3 N–H and O–H groups in total. The quantitative estimate of drug-likeness (QED) is 0.295. The first-order valence-corrected chi connectivity index (χ1v) is 21.1. The van der Waals surface area contributed by atoms with E-state index in [9.17, 15) is 9.59 Å². The molecule has 1 saturated carbocycles. The molecule has 1 aromatic heterocycles. The Kier molecular flexibility index (Phi) is 10.3. The van der Waals surface area contributed by atoms with Crippen LogP contribution in [-0.4, -0.2) is 104 Å². The molecular weight excluding hydrogens is 715 g/mol. The fourth-order valence-corrected chi connectivity index (χ4v) is 9.67. The van der Waals surface area contributed by atoms with Crippen LogP contribution in [0, 0.1) is 18.8 Å². The molecule has 3 saturated heterocycles. The second-order valence-corrected chi connectivity index (χ2v) is 17.1. The molecule has 6 heterocycles.